The normalized spacial score (nSPS) is 14.4. The zero-order valence-corrected chi connectivity index (χ0v) is 22.5. The molecule has 0 heterocycles. The van der Waals surface area contributed by atoms with Gasteiger partial charge in [0.25, 0.3) is 0 Å². The zero-order valence-electron chi connectivity index (χ0n) is 20.8. The summed E-state index contributed by atoms with van der Waals surface area (Å²) in [5, 5.41) is 10.5. The summed E-state index contributed by atoms with van der Waals surface area (Å²) in [6.07, 6.45) is 0. The molecule has 0 spiro atoms. The third kappa shape index (κ3) is 4.04. The first-order valence-electron chi connectivity index (χ1n) is 12.7. The summed E-state index contributed by atoms with van der Waals surface area (Å²) in [4.78, 5) is 2.69. The summed E-state index contributed by atoms with van der Waals surface area (Å²) in [7, 11) is 0. The van der Waals surface area contributed by atoms with Crippen molar-refractivity contribution in [3.63, 3.8) is 0 Å². The molecule has 38 heavy (non-hydrogen) atoms. The average molecular weight is 551 g/mol. The van der Waals surface area contributed by atoms with E-state index in [4.69, 9.17) is 0 Å². The Morgan fingerprint density at radius 3 is 1.08 bits per heavy atom. The van der Waals surface area contributed by atoms with Gasteiger partial charge >= 0.3 is 231 Å². The molecule has 0 saturated heterocycles. The molecule has 0 amide bonds. The van der Waals surface area contributed by atoms with E-state index in [-0.39, 0.29) is 0 Å². The van der Waals surface area contributed by atoms with Crippen LogP contribution in [0.2, 0.25) is 0 Å². The summed E-state index contributed by atoms with van der Waals surface area (Å²) >= 11 is -0.443. The van der Waals surface area contributed by atoms with Gasteiger partial charge < -0.3 is 0 Å². The minimum absolute atomic E-state index is 0.443. The third-order valence-corrected chi connectivity index (χ3v) is 9.27. The number of hydrogen-bond acceptors (Lipinski definition) is 1. The van der Waals surface area contributed by atoms with E-state index < -0.39 is 19.3 Å². The first-order valence-corrected chi connectivity index (χ1v) is 14.4. The van der Waals surface area contributed by atoms with Gasteiger partial charge in [-0.25, -0.2) is 0 Å². The Labute approximate surface area is 230 Å². The van der Waals surface area contributed by atoms with E-state index in [1.165, 1.54) is 22.3 Å². The molecule has 2 heteroatoms. The Bertz CT molecular complexity index is 1550. The molecule has 5 aromatic carbocycles. The predicted molar refractivity (Wildman–Crippen MR) is 159 cm³/mol. The van der Waals surface area contributed by atoms with Gasteiger partial charge in [-0.3, -0.25) is 0 Å². The Balaban J connectivity index is 1.87. The topological polar surface area (TPSA) is 23.8 Å². The van der Waals surface area contributed by atoms with Gasteiger partial charge in [0.1, 0.15) is 0 Å². The van der Waals surface area contributed by atoms with Crippen molar-refractivity contribution in [1.29, 1.82) is 5.26 Å². The van der Waals surface area contributed by atoms with Crippen molar-refractivity contribution in [3.8, 4) is 4.97 Å². The molecule has 1 aliphatic carbocycles. The number of rotatable bonds is 6. The molecule has 5 aromatic rings. The molecule has 0 aliphatic heterocycles. The van der Waals surface area contributed by atoms with Crippen LogP contribution >= 0.6 is 0 Å². The number of hydrogen-bond donors (Lipinski definition) is 0. The molecule has 1 aliphatic rings. The van der Waals surface area contributed by atoms with Crippen LogP contribution in [-0.4, -0.2) is 15.0 Å². The van der Waals surface area contributed by atoms with Crippen LogP contribution in [0.15, 0.2) is 152 Å². The van der Waals surface area contributed by atoms with Gasteiger partial charge in [-0.2, -0.15) is 0 Å². The fourth-order valence-electron chi connectivity index (χ4n) is 5.61. The Morgan fingerprint density at radius 2 is 0.737 bits per heavy atom. The van der Waals surface area contributed by atoms with Crippen LogP contribution < -0.4 is 0 Å². The van der Waals surface area contributed by atoms with Gasteiger partial charge in [-0.05, 0) is 0 Å². The molecule has 0 saturated carbocycles. The van der Waals surface area contributed by atoms with Crippen LogP contribution in [0.1, 0.15) is 27.8 Å². The van der Waals surface area contributed by atoms with Crippen LogP contribution in [0.5, 0.6) is 0 Å². The fourth-order valence-corrected chi connectivity index (χ4v) is 7.78. The van der Waals surface area contributed by atoms with Crippen LogP contribution in [0.3, 0.4) is 0 Å². The van der Waals surface area contributed by atoms with E-state index in [1.807, 2.05) is 0 Å². The van der Waals surface area contributed by atoms with Crippen LogP contribution in [0.25, 0.3) is 22.3 Å². The molecule has 0 fully saturated rings. The standard InChI is InChI=1S/C36H25NSe/c37-26-38-36(31-24-14-5-15-25-31)34(29-20-10-3-11-21-29)32(27-16-6-1-7-17-27)33(28-18-8-2-9-19-28)35(36)30-22-12-4-13-23-30/h1-25H. The molecular weight excluding hydrogens is 525 g/mol. The Hall–Kier alpha value is -4.41. The van der Waals surface area contributed by atoms with Crippen molar-refractivity contribution >= 4 is 37.2 Å². The van der Waals surface area contributed by atoms with Gasteiger partial charge in [0.05, 0.1) is 0 Å². The summed E-state index contributed by atoms with van der Waals surface area (Å²) in [6.45, 7) is 0. The summed E-state index contributed by atoms with van der Waals surface area (Å²) < 4.78 is -0.609. The van der Waals surface area contributed by atoms with Gasteiger partial charge in [-0.1, -0.05) is 0 Å². The second-order valence-electron chi connectivity index (χ2n) is 9.20. The minimum atomic E-state index is -0.609. The predicted octanol–water partition coefficient (Wildman–Crippen LogP) is 8.30. The van der Waals surface area contributed by atoms with Crippen molar-refractivity contribution in [1.82, 2.24) is 0 Å². The number of benzene rings is 5. The maximum atomic E-state index is 10.5. The third-order valence-electron chi connectivity index (χ3n) is 7.08. The zero-order chi connectivity index (χ0) is 25.8. The molecule has 0 radical (unpaired) electrons. The molecule has 0 unspecified atom stereocenters. The monoisotopic (exact) mass is 551 g/mol. The second kappa shape index (κ2) is 10.5. The van der Waals surface area contributed by atoms with E-state index in [1.54, 1.807) is 0 Å². The van der Waals surface area contributed by atoms with E-state index in [0.29, 0.717) is 0 Å². The van der Waals surface area contributed by atoms with E-state index in [0.717, 1.165) is 27.8 Å². The van der Waals surface area contributed by atoms with Crippen molar-refractivity contribution in [3.05, 3.63) is 179 Å². The second-order valence-corrected chi connectivity index (χ2v) is 11.3. The van der Waals surface area contributed by atoms with Crippen molar-refractivity contribution in [2.24, 2.45) is 0 Å². The first kappa shape index (κ1) is 24.0. The van der Waals surface area contributed by atoms with Gasteiger partial charge in [-0.15, -0.1) is 0 Å². The molecule has 0 N–H and O–H groups in total. The van der Waals surface area contributed by atoms with E-state index in [9.17, 15) is 5.26 Å². The summed E-state index contributed by atoms with van der Waals surface area (Å²) in [6, 6.07) is 53.3. The first-order chi connectivity index (χ1) is 18.8. The summed E-state index contributed by atoms with van der Waals surface area (Å²) in [5.74, 6) is 0. The summed E-state index contributed by atoms with van der Waals surface area (Å²) in [5.41, 5.74) is 10.6. The average Bonchev–Trinajstić information content (AvgIpc) is 3.31. The molecule has 6 rings (SSSR count). The van der Waals surface area contributed by atoms with Crippen molar-refractivity contribution in [2.45, 2.75) is 4.31 Å². The van der Waals surface area contributed by atoms with Crippen LogP contribution in [0, 0.1) is 10.2 Å². The SMILES string of the molecule is N#C[Se]C1(c2ccccc2)C(c2ccccc2)=C(c2ccccc2)C(c2ccccc2)=C1c1ccccc1. The molecule has 0 atom stereocenters. The molecule has 180 valence electrons. The van der Waals surface area contributed by atoms with Crippen molar-refractivity contribution in [2.75, 3.05) is 0 Å². The fraction of sp³-hybridized carbons (Fsp3) is 0.0278. The molecule has 0 bridgehead atoms. The van der Waals surface area contributed by atoms with Crippen LogP contribution in [0.4, 0.5) is 0 Å². The van der Waals surface area contributed by atoms with E-state index >= 15 is 0 Å². The quantitative estimate of drug-likeness (QED) is 0.195. The Kier molecular flexibility index (Phi) is 6.63. The molecule has 0 aromatic heterocycles. The Morgan fingerprint density at radius 1 is 0.421 bits per heavy atom. The van der Waals surface area contributed by atoms with Crippen molar-refractivity contribution < 1.29 is 0 Å². The van der Waals surface area contributed by atoms with Crippen LogP contribution in [-0.2, 0) is 4.31 Å². The van der Waals surface area contributed by atoms with Gasteiger partial charge in [0.2, 0.25) is 0 Å². The van der Waals surface area contributed by atoms with Gasteiger partial charge in [0.15, 0.2) is 0 Å². The maximum absolute atomic E-state index is 10.5. The number of nitriles is 1. The molecular formula is C36H25NSe. The van der Waals surface area contributed by atoms with E-state index in [2.05, 4.69) is 157 Å². The number of allylic oxidation sites excluding steroid dienone is 4. The molecule has 1 nitrogen and oxygen atoms in total. The van der Waals surface area contributed by atoms with Gasteiger partial charge in [0, 0.05) is 0 Å². The number of nitrogens with zero attached hydrogens (tertiary/aromatic N) is 1.